The van der Waals surface area contributed by atoms with Gasteiger partial charge in [-0.1, -0.05) is 12.1 Å². The smallest absolute Gasteiger partial charge is 0.255 e. The van der Waals surface area contributed by atoms with Crippen LogP contribution in [0.5, 0.6) is 0 Å². The van der Waals surface area contributed by atoms with Crippen LogP contribution in [-0.4, -0.2) is 41.3 Å². The van der Waals surface area contributed by atoms with Crippen molar-refractivity contribution in [2.45, 2.75) is 36.5 Å². The van der Waals surface area contributed by atoms with Crippen LogP contribution in [0.1, 0.15) is 33.9 Å². The van der Waals surface area contributed by atoms with Crippen LogP contribution in [0.15, 0.2) is 34.5 Å². The van der Waals surface area contributed by atoms with Crippen LogP contribution >= 0.6 is 23.1 Å². The number of hydrogen-bond acceptors (Lipinski definition) is 5. The summed E-state index contributed by atoms with van der Waals surface area (Å²) < 4.78 is 0. The summed E-state index contributed by atoms with van der Waals surface area (Å²) in [4.78, 5) is 31.5. The van der Waals surface area contributed by atoms with E-state index in [0.29, 0.717) is 11.6 Å². The van der Waals surface area contributed by atoms with Gasteiger partial charge in [-0.3, -0.25) is 9.59 Å². The second kappa shape index (κ2) is 8.01. The van der Waals surface area contributed by atoms with E-state index < -0.39 is 0 Å². The molecule has 0 saturated heterocycles. The minimum atomic E-state index is -0.136. The Bertz CT molecular complexity index is 771. The third kappa shape index (κ3) is 5.06. The third-order valence-corrected chi connectivity index (χ3v) is 5.76. The standard InChI is InChI=1S/C18H21N3O2S2/c1-12-19-14(10-24-12)11-25-16-6-4-3-5-15(16)18(23)21(2)9-17(22)20-13-7-8-13/h3-6,10,13H,7-9,11H2,1-2H3,(H,20,22). The zero-order valence-corrected chi connectivity index (χ0v) is 16.0. The van der Waals surface area contributed by atoms with E-state index in [9.17, 15) is 9.59 Å². The summed E-state index contributed by atoms with van der Waals surface area (Å²) in [5.41, 5.74) is 1.65. The minimum absolute atomic E-state index is 0.0830. The molecule has 1 saturated carbocycles. The first-order chi connectivity index (χ1) is 12.0. The Hall–Kier alpha value is -1.86. The van der Waals surface area contributed by atoms with E-state index in [2.05, 4.69) is 10.3 Å². The highest BCUT2D eigenvalue weighted by Gasteiger charge is 2.25. The molecule has 0 spiro atoms. The van der Waals surface area contributed by atoms with E-state index in [4.69, 9.17) is 0 Å². The molecule has 25 heavy (non-hydrogen) atoms. The van der Waals surface area contributed by atoms with Gasteiger partial charge in [-0.15, -0.1) is 23.1 Å². The Labute approximate surface area is 155 Å². The highest BCUT2D eigenvalue weighted by Crippen LogP contribution is 2.27. The van der Waals surface area contributed by atoms with E-state index in [0.717, 1.165) is 34.2 Å². The number of hydrogen-bond donors (Lipinski definition) is 1. The Morgan fingerprint density at radius 1 is 1.36 bits per heavy atom. The van der Waals surface area contributed by atoms with Gasteiger partial charge in [0.25, 0.3) is 5.91 Å². The lowest BCUT2D eigenvalue weighted by Crippen LogP contribution is -2.39. The first-order valence-corrected chi connectivity index (χ1v) is 10.1. The van der Waals surface area contributed by atoms with Crippen LogP contribution in [0.3, 0.4) is 0 Å². The van der Waals surface area contributed by atoms with Crippen LogP contribution in [0.25, 0.3) is 0 Å². The zero-order chi connectivity index (χ0) is 17.8. The molecule has 1 fully saturated rings. The van der Waals surface area contributed by atoms with Gasteiger partial charge in [0, 0.05) is 29.1 Å². The fraction of sp³-hybridized carbons (Fsp3) is 0.389. The van der Waals surface area contributed by atoms with Gasteiger partial charge in [-0.05, 0) is 31.9 Å². The summed E-state index contributed by atoms with van der Waals surface area (Å²) in [5, 5.41) is 6.00. The predicted molar refractivity (Wildman–Crippen MR) is 101 cm³/mol. The lowest BCUT2D eigenvalue weighted by molar-refractivity contribution is -0.121. The molecule has 0 radical (unpaired) electrons. The molecular formula is C18H21N3O2S2. The van der Waals surface area contributed by atoms with Crippen LogP contribution in [0.4, 0.5) is 0 Å². The van der Waals surface area contributed by atoms with Crippen molar-refractivity contribution in [1.82, 2.24) is 15.2 Å². The normalized spacial score (nSPS) is 13.5. The maximum atomic E-state index is 12.7. The molecular weight excluding hydrogens is 354 g/mol. The van der Waals surface area contributed by atoms with E-state index >= 15 is 0 Å². The van der Waals surface area contributed by atoms with Crippen molar-refractivity contribution >= 4 is 34.9 Å². The number of nitrogens with one attached hydrogen (secondary N) is 1. The molecule has 1 N–H and O–H groups in total. The summed E-state index contributed by atoms with van der Waals surface area (Å²) in [6.45, 7) is 2.07. The molecule has 0 bridgehead atoms. The van der Waals surface area contributed by atoms with Crippen LogP contribution in [0.2, 0.25) is 0 Å². The van der Waals surface area contributed by atoms with Gasteiger partial charge in [0.1, 0.15) is 0 Å². The number of rotatable bonds is 7. The third-order valence-electron chi connectivity index (χ3n) is 3.83. The molecule has 3 rings (SSSR count). The summed E-state index contributed by atoms with van der Waals surface area (Å²) in [7, 11) is 1.67. The SMILES string of the molecule is Cc1nc(CSc2ccccc2C(=O)N(C)CC(=O)NC2CC2)cs1. The number of benzene rings is 1. The van der Waals surface area contributed by atoms with Crippen molar-refractivity contribution in [2.75, 3.05) is 13.6 Å². The molecule has 132 valence electrons. The van der Waals surface area contributed by atoms with Crippen LogP contribution in [-0.2, 0) is 10.5 Å². The monoisotopic (exact) mass is 375 g/mol. The molecule has 7 heteroatoms. The van der Waals surface area contributed by atoms with Gasteiger partial charge in [0.15, 0.2) is 0 Å². The van der Waals surface area contributed by atoms with Crippen molar-refractivity contribution in [2.24, 2.45) is 0 Å². The molecule has 2 amide bonds. The topological polar surface area (TPSA) is 62.3 Å². The highest BCUT2D eigenvalue weighted by atomic mass is 32.2. The average molecular weight is 376 g/mol. The van der Waals surface area contributed by atoms with Crippen molar-refractivity contribution in [3.05, 3.63) is 45.9 Å². The summed E-state index contributed by atoms with van der Waals surface area (Å²) in [5.74, 6) is 0.491. The molecule has 0 unspecified atom stereocenters. The lowest BCUT2D eigenvalue weighted by Gasteiger charge is -2.18. The Balaban J connectivity index is 1.63. The number of nitrogens with zero attached hydrogens (tertiary/aromatic N) is 2. The van der Waals surface area contributed by atoms with Gasteiger partial charge >= 0.3 is 0 Å². The number of carbonyl (C=O) groups is 2. The predicted octanol–water partition coefficient (Wildman–Crippen LogP) is 3.09. The molecule has 0 aliphatic heterocycles. The fourth-order valence-electron chi connectivity index (χ4n) is 2.39. The maximum absolute atomic E-state index is 12.7. The summed E-state index contributed by atoms with van der Waals surface area (Å²) >= 11 is 3.22. The Kier molecular flexibility index (Phi) is 5.75. The van der Waals surface area contributed by atoms with Crippen LogP contribution < -0.4 is 5.32 Å². The zero-order valence-electron chi connectivity index (χ0n) is 14.3. The molecule has 1 aromatic carbocycles. The second-order valence-corrected chi connectivity index (χ2v) is 8.23. The number of thioether (sulfide) groups is 1. The van der Waals surface area contributed by atoms with E-state index in [-0.39, 0.29) is 18.4 Å². The largest absolute Gasteiger partial charge is 0.352 e. The number of thiazole rings is 1. The van der Waals surface area contributed by atoms with E-state index in [1.165, 1.54) is 4.90 Å². The quantitative estimate of drug-likeness (QED) is 0.756. The Morgan fingerprint density at radius 2 is 2.12 bits per heavy atom. The molecule has 2 aromatic rings. The summed E-state index contributed by atoms with van der Waals surface area (Å²) in [6.07, 6.45) is 2.08. The second-order valence-electron chi connectivity index (χ2n) is 6.15. The van der Waals surface area contributed by atoms with Gasteiger partial charge in [-0.25, -0.2) is 4.98 Å². The molecule has 0 atom stereocenters. The molecule has 1 aliphatic carbocycles. The number of aromatic nitrogens is 1. The van der Waals surface area contributed by atoms with Crippen LogP contribution in [0, 0.1) is 6.92 Å². The van der Waals surface area contributed by atoms with Crippen molar-refractivity contribution in [1.29, 1.82) is 0 Å². The van der Waals surface area contributed by atoms with Gasteiger partial charge in [-0.2, -0.15) is 0 Å². The number of amides is 2. The number of likely N-dealkylation sites (N-methyl/N-ethyl adjacent to an activating group) is 1. The Morgan fingerprint density at radius 3 is 2.80 bits per heavy atom. The highest BCUT2D eigenvalue weighted by molar-refractivity contribution is 7.98. The van der Waals surface area contributed by atoms with Gasteiger partial charge < -0.3 is 10.2 Å². The fourth-order valence-corrected chi connectivity index (χ4v) is 4.04. The van der Waals surface area contributed by atoms with Gasteiger partial charge in [0.05, 0.1) is 22.8 Å². The molecule has 1 aromatic heterocycles. The first-order valence-electron chi connectivity index (χ1n) is 8.20. The van der Waals surface area contributed by atoms with Crippen molar-refractivity contribution < 1.29 is 9.59 Å². The van der Waals surface area contributed by atoms with E-state index in [1.54, 1.807) is 30.1 Å². The lowest BCUT2D eigenvalue weighted by atomic mass is 10.2. The molecule has 1 heterocycles. The number of carbonyl (C=O) groups excluding carboxylic acids is 2. The first kappa shape index (κ1) is 17.9. The summed E-state index contributed by atoms with van der Waals surface area (Å²) in [6, 6.07) is 7.83. The molecule has 1 aliphatic rings. The number of aryl methyl sites for hydroxylation is 1. The average Bonchev–Trinajstić information content (AvgIpc) is 3.31. The van der Waals surface area contributed by atoms with Crippen molar-refractivity contribution in [3.63, 3.8) is 0 Å². The van der Waals surface area contributed by atoms with Crippen molar-refractivity contribution in [3.8, 4) is 0 Å². The van der Waals surface area contributed by atoms with Gasteiger partial charge in [0.2, 0.25) is 5.91 Å². The minimum Gasteiger partial charge on any atom is -0.352 e. The molecule has 5 nitrogen and oxygen atoms in total. The maximum Gasteiger partial charge on any atom is 0.255 e. The van der Waals surface area contributed by atoms with E-state index in [1.807, 2.05) is 36.6 Å².